The molecule has 4 heterocycles. The number of pyridine rings is 1. The summed E-state index contributed by atoms with van der Waals surface area (Å²) < 4.78 is 44.5. The Morgan fingerprint density at radius 2 is 1.69 bits per heavy atom. The van der Waals surface area contributed by atoms with Crippen molar-refractivity contribution in [3.8, 4) is 17.2 Å². The molecule has 1 aromatic heterocycles. The van der Waals surface area contributed by atoms with E-state index in [0.29, 0.717) is 28.0 Å². The maximum atomic E-state index is 14.0. The van der Waals surface area contributed by atoms with Crippen molar-refractivity contribution in [3.63, 3.8) is 0 Å². The number of nitrogens with zero attached hydrogens (tertiary/aromatic N) is 3. The first kappa shape index (κ1) is 38.4. The van der Waals surface area contributed by atoms with Gasteiger partial charge in [0.15, 0.2) is 11.5 Å². The molecule has 0 spiro atoms. The predicted octanol–water partition coefficient (Wildman–Crippen LogP) is 7.92. The Morgan fingerprint density at radius 1 is 0.964 bits per heavy atom. The van der Waals surface area contributed by atoms with Crippen molar-refractivity contribution in [2.24, 2.45) is 11.8 Å². The number of carbonyl (C=O) groups excluding carboxylic acids is 1. The number of amides is 1. The molecular formula is C40H40Cl2F2N3O8+. The van der Waals surface area contributed by atoms with E-state index in [4.69, 9.17) is 37.4 Å². The van der Waals surface area contributed by atoms with Gasteiger partial charge in [0, 0.05) is 22.8 Å². The number of phenols is 1. The largest absolute Gasteiger partial charge is 0.506 e. The highest BCUT2D eigenvalue weighted by Gasteiger charge is 2.38. The van der Waals surface area contributed by atoms with E-state index < -0.39 is 24.6 Å². The fraction of sp³-hybridized carbons (Fsp3) is 0.375. The Labute approximate surface area is 326 Å². The van der Waals surface area contributed by atoms with Gasteiger partial charge in [-0.1, -0.05) is 53.5 Å². The number of aromatic nitrogens is 1. The van der Waals surface area contributed by atoms with Gasteiger partial charge in [-0.3, -0.25) is 15.0 Å². The summed E-state index contributed by atoms with van der Waals surface area (Å²) in [5.41, 5.74) is 1.77. The third-order valence-corrected chi connectivity index (χ3v) is 11.2. The van der Waals surface area contributed by atoms with Gasteiger partial charge in [-0.15, -0.1) is 0 Å². The van der Waals surface area contributed by atoms with Gasteiger partial charge in [-0.25, -0.2) is 9.59 Å². The van der Waals surface area contributed by atoms with E-state index in [1.165, 1.54) is 35.5 Å². The number of aromatic hydroxyl groups is 1. The fourth-order valence-corrected chi connectivity index (χ4v) is 8.05. The van der Waals surface area contributed by atoms with Gasteiger partial charge >= 0.3 is 18.7 Å². The first-order chi connectivity index (χ1) is 26.4. The van der Waals surface area contributed by atoms with Crippen molar-refractivity contribution >= 4 is 41.0 Å². The quantitative estimate of drug-likeness (QED) is 0.0860. The molecule has 1 saturated carbocycles. The van der Waals surface area contributed by atoms with Gasteiger partial charge in [0.2, 0.25) is 12.4 Å². The molecule has 0 unspecified atom stereocenters. The normalized spacial score (nSPS) is 19.5. The molecular weight excluding hydrogens is 759 g/mol. The highest BCUT2D eigenvalue weighted by molar-refractivity contribution is 6.35. The predicted molar refractivity (Wildman–Crippen MR) is 198 cm³/mol. The lowest BCUT2D eigenvalue weighted by molar-refractivity contribution is -0.904. The number of anilines is 1. The summed E-state index contributed by atoms with van der Waals surface area (Å²) in [5.74, 6) is -1.83. The number of fused-ring (bicyclic) bond motifs is 3. The fourth-order valence-electron chi connectivity index (χ4n) is 7.44. The highest BCUT2D eigenvalue weighted by Crippen LogP contribution is 2.41. The first-order valence-corrected chi connectivity index (χ1v) is 18.8. The van der Waals surface area contributed by atoms with E-state index in [9.17, 15) is 33.8 Å². The Kier molecular flexibility index (Phi) is 11.5. The van der Waals surface area contributed by atoms with Gasteiger partial charge < -0.3 is 24.4 Å². The van der Waals surface area contributed by atoms with Crippen molar-refractivity contribution in [2.75, 3.05) is 31.1 Å². The van der Waals surface area contributed by atoms with Crippen molar-refractivity contribution < 1.29 is 52.7 Å². The second-order valence-corrected chi connectivity index (χ2v) is 15.1. The standard InChI is InChI=1S/C40H39Cl2F2N3O8/c41-31-19-46(52)20-32(42)30(31)17-28(26-8-10-35(54-39(43)44)36(16-26)53-22-23-5-6-23)29-15-24(7-9-27(29)38(49)50)18-47(33-3-1-2-4-34(33)48)40(51)55-37-21-45-13-11-25(37)12-14-45/h1-4,7-10,15-16,19-20,23,25,28,37,39H,5-6,11-14,17-18,21-22H2,(H2-,48,49,50,52)/p+1/t28-,37-/m0/s1. The van der Waals surface area contributed by atoms with Crippen molar-refractivity contribution in [2.45, 2.75) is 57.3 Å². The van der Waals surface area contributed by atoms with Crippen molar-refractivity contribution in [1.82, 2.24) is 4.90 Å². The zero-order valence-corrected chi connectivity index (χ0v) is 31.1. The molecule has 1 amide bonds. The molecule has 290 valence electrons. The minimum absolute atomic E-state index is 0.00412. The van der Waals surface area contributed by atoms with E-state index in [1.54, 1.807) is 42.5 Å². The minimum Gasteiger partial charge on any atom is -0.506 e. The van der Waals surface area contributed by atoms with E-state index in [0.717, 1.165) is 38.8 Å². The summed E-state index contributed by atoms with van der Waals surface area (Å²) in [6.45, 7) is -0.399. The monoisotopic (exact) mass is 798 g/mol. The number of piperidine rings is 3. The molecule has 4 fully saturated rings. The van der Waals surface area contributed by atoms with Crippen LogP contribution in [0.15, 0.2) is 73.1 Å². The van der Waals surface area contributed by atoms with Crippen LogP contribution in [0.2, 0.25) is 10.0 Å². The molecule has 2 atom stereocenters. The molecule has 4 aliphatic rings. The van der Waals surface area contributed by atoms with Crippen LogP contribution < -0.4 is 19.1 Å². The second kappa shape index (κ2) is 16.5. The summed E-state index contributed by atoms with van der Waals surface area (Å²) in [6.07, 6.45) is 5.25. The summed E-state index contributed by atoms with van der Waals surface area (Å²) in [6, 6.07) is 15.5. The summed E-state index contributed by atoms with van der Waals surface area (Å²) in [5, 5.41) is 31.7. The van der Waals surface area contributed by atoms with Crippen molar-refractivity contribution in [3.05, 3.63) is 111 Å². The van der Waals surface area contributed by atoms with Gasteiger partial charge in [0.1, 0.15) is 21.9 Å². The van der Waals surface area contributed by atoms with Crippen LogP contribution in [0.25, 0.3) is 0 Å². The average Bonchev–Trinajstić information content (AvgIpc) is 3.98. The molecule has 15 heteroatoms. The third kappa shape index (κ3) is 9.01. The Hall–Kier alpha value is -4.85. The SMILES string of the molecule is O=C(O)c1ccc(CN(C(=O)O[C@H]2CN3CCC2CC3)c2ccccc2O)cc1[C@@H](Cc1c(Cl)c[n+](O)cc1Cl)c1ccc(OC(F)F)c(OCC2CC2)c1. The maximum absolute atomic E-state index is 14.0. The number of carboxylic acids is 1. The molecule has 3 aliphatic heterocycles. The highest BCUT2D eigenvalue weighted by atomic mass is 35.5. The average molecular weight is 800 g/mol. The van der Waals surface area contributed by atoms with E-state index >= 15 is 0 Å². The van der Waals surface area contributed by atoms with Crippen LogP contribution in [0.5, 0.6) is 17.2 Å². The molecule has 2 bridgehead atoms. The minimum atomic E-state index is -3.11. The molecule has 3 saturated heterocycles. The summed E-state index contributed by atoms with van der Waals surface area (Å²) in [4.78, 5) is 30.5. The number of hydrogen-bond acceptors (Lipinski definition) is 8. The molecule has 8 rings (SSSR count). The number of hydrogen-bond donors (Lipinski definition) is 3. The molecule has 3 aromatic carbocycles. The maximum Gasteiger partial charge on any atom is 0.415 e. The van der Waals surface area contributed by atoms with Crippen LogP contribution in [0.4, 0.5) is 19.3 Å². The zero-order valence-electron chi connectivity index (χ0n) is 29.6. The lowest BCUT2D eigenvalue weighted by atomic mass is 9.82. The van der Waals surface area contributed by atoms with Gasteiger partial charge in [0.25, 0.3) is 0 Å². The van der Waals surface area contributed by atoms with Crippen LogP contribution >= 0.6 is 23.2 Å². The van der Waals surface area contributed by atoms with E-state index in [1.807, 2.05) is 0 Å². The van der Waals surface area contributed by atoms with Crippen LogP contribution in [0.1, 0.15) is 64.2 Å². The number of carboxylic acid groups (broad SMARTS) is 1. The summed E-state index contributed by atoms with van der Waals surface area (Å²) in [7, 11) is 0. The van der Waals surface area contributed by atoms with Gasteiger partial charge in [-0.05, 0) is 104 Å². The first-order valence-electron chi connectivity index (χ1n) is 18.1. The number of benzene rings is 3. The second-order valence-electron chi connectivity index (χ2n) is 14.3. The number of ether oxygens (including phenoxy) is 3. The molecule has 55 heavy (non-hydrogen) atoms. The topological polar surface area (TPSA) is 133 Å². The lowest BCUT2D eigenvalue weighted by Gasteiger charge is -2.44. The van der Waals surface area contributed by atoms with Crippen molar-refractivity contribution in [1.29, 1.82) is 0 Å². The number of carbonyl (C=O) groups is 2. The van der Waals surface area contributed by atoms with E-state index in [-0.39, 0.29) is 81.6 Å². The third-order valence-electron chi connectivity index (χ3n) is 10.5. The van der Waals surface area contributed by atoms with Crippen LogP contribution in [0, 0.1) is 11.8 Å². The Balaban J connectivity index is 1.30. The number of rotatable bonds is 14. The molecule has 0 radical (unpaired) electrons. The lowest BCUT2D eigenvalue weighted by Crippen LogP contribution is -2.53. The number of alkyl halides is 2. The Bertz CT molecular complexity index is 2040. The number of para-hydroxylation sites is 2. The van der Waals surface area contributed by atoms with Crippen LogP contribution in [-0.2, 0) is 17.7 Å². The van der Waals surface area contributed by atoms with Crippen LogP contribution in [-0.4, -0.2) is 71.3 Å². The van der Waals surface area contributed by atoms with Crippen LogP contribution in [0.3, 0.4) is 0 Å². The molecule has 4 aromatic rings. The number of halogens is 4. The smallest absolute Gasteiger partial charge is 0.415 e. The van der Waals surface area contributed by atoms with E-state index in [2.05, 4.69) is 4.90 Å². The zero-order chi connectivity index (χ0) is 38.8. The molecule has 11 nitrogen and oxygen atoms in total. The molecule has 3 N–H and O–H groups in total. The molecule has 1 aliphatic carbocycles. The van der Waals surface area contributed by atoms with Gasteiger partial charge in [0.05, 0.1) is 24.4 Å². The van der Waals surface area contributed by atoms with Gasteiger partial charge in [-0.2, -0.15) is 8.78 Å². The Morgan fingerprint density at radius 3 is 2.33 bits per heavy atom. The number of phenolic OH excluding ortho intramolecular Hbond substituents is 1. The number of aromatic carboxylic acids is 1. The summed E-state index contributed by atoms with van der Waals surface area (Å²) >= 11 is 13.2.